The molecule has 28 heavy (non-hydrogen) atoms. The first-order chi connectivity index (χ1) is 13.8. The van der Waals surface area contributed by atoms with E-state index < -0.39 is 0 Å². The maximum absolute atomic E-state index is 3.30. The van der Waals surface area contributed by atoms with Crippen molar-refractivity contribution in [2.24, 2.45) is 0 Å². The van der Waals surface area contributed by atoms with Gasteiger partial charge in [0.1, 0.15) is 0 Å². The molecule has 0 saturated carbocycles. The molecular weight excluding hydrogens is 338 g/mol. The molecule has 0 aliphatic rings. The van der Waals surface area contributed by atoms with Gasteiger partial charge in [0, 0.05) is 11.4 Å². The van der Waals surface area contributed by atoms with E-state index in [0.29, 0.717) is 0 Å². The van der Waals surface area contributed by atoms with Gasteiger partial charge < -0.3 is 5.32 Å². The SMILES string of the molecule is Cc1ccc(C=Cc2ccccc2)cc1.c1ccc(Nc2ccccc2)cc1. The summed E-state index contributed by atoms with van der Waals surface area (Å²) in [5.41, 5.74) is 6.01. The Balaban J connectivity index is 0.000000162. The average molecular weight is 364 g/mol. The van der Waals surface area contributed by atoms with Gasteiger partial charge in [0.15, 0.2) is 0 Å². The third-order valence-corrected chi connectivity index (χ3v) is 4.18. The summed E-state index contributed by atoms with van der Waals surface area (Å²) in [6.45, 7) is 2.10. The van der Waals surface area contributed by atoms with Gasteiger partial charge in [-0.25, -0.2) is 0 Å². The van der Waals surface area contributed by atoms with Crippen LogP contribution < -0.4 is 5.32 Å². The van der Waals surface area contributed by atoms with Gasteiger partial charge in [-0.15, -0.1) is 0 Å². The van der Waals surface area contributed by atoms with Gasteiger partial charge in [0.25, 0.3) is 0 Å². The fourth-order valence-corrected chi connectivity index (χ4v) is 2.64. The van der Waals surface area contributed by atoms with E-state index in [1.54, 1.807) is 0 Å². The highest BCUT2D eigenvalue weighted by Crippen LogP contribution is 2.14. The van der Waals surface area contributed by atoms with Crippen LogP contribution in [0.15, 0.2) is 115 Å². The summed E-state index contributed by atoms with van der Waals surface area (Å²) >= 11 is 0. The highest BCUT2D eigenvalue weighted by molar-refractivity contribution is 5.69. The van der Waals surface area contributed by atoms with Crippen LogP contribution in [0.3, 0.4) is 0 Å². The molecule has 0 spiro atoms. The van der Waals surface area contributed by atoms with Crippen molar-refractivity contribution in [2.75, 3.05) is 5.32 Å². The first-order valence-electron chi connectivity index (χ1n) is 9.46. The predicted octanol–water partition coefficient (Wildman–Crippen LogP) is 7.60. The molecular formula is C27H25N. The van der Waals surface area contributed by atoms with E-state index in [4.69, 9.17) is 0 Å². The third kappa shape index (κ3) is 6.62. The zero-order valence-corrected chi connectivity index (χ0v) is 16.1. The van der Waals surface area contributed by atoms with Gasteiger partial charge >= 0.3 is 0 Å². The van der Waals surface area contributed by atoms with E-state index in [-0.39, 0.29) is 0 Å². The van der Waals surface area contributed by atoms with Gasteiger partial charge in [0.2, 0.25) is 0 Å². The first kappa shape index (κ1) is 19.2. The van der Waals surface area contributed by atoms with Crippen molar-refractivity contribution in [3.63, 3.8) is 0 Å². The standard InChI is InChI=1S/C15H14.C12H11N/c1-13-7-9-15(10-8-13)12-11-14-5-3-2-4-6-14;1-3-7-11(8-4-1)13-12-9-5-2-6-10-12/h2-12H,1H3;1-10,13H. The lowest BCUT2D eigenvalue weighted by molar-refractivity contribution is 1.46. The Morgan fingerprint density at radius 3 is 1.32 bits per heavy atom. The zero-order chi connectivity index (χ0) is 19.4. The number of aryl methyl sites for hydroxylation is 1. The average Bonchev–Trinajstić information content (AvgIpc) is 2.76. The van der Waals surface area contributed by atoms with Crippen molar-refractivity contribution in [1.82, 2.24) is 0 Å². The molecule has 0 amide bonds. The highest BCUT2D eigenvalue weighted by atomic mass is 14.9. The van der Waals surface area contributed by atoms with E-state index in [0.717, 1.165) is 11.4 Å². The number of para-hydroxylation sites is 2. The lowest BCUT2D eigenvalue weighted by atomic mass is 10.1. The van der Waals surface area contributed by atoms with Crippen molar-refractivity contribution < 1.29 is 0 Å². The zero-order valence-electron chi connectivity index (χ0n) is 16.1. The lowest BCUT2D eigenvalue weighted by Gasteiger charge is -2.04. The smallest absolute Gasteiger partial charge is 0.0384 e. The first-order valence-corrected chi connectivity index (χ1v) is 9.46. The maximum atomic E-state index is 3.30. The highest BCUT2D eigenvalue weighted by Gasteiger charge is 1.90. The number of anilines is 2. The molecule has 0 aliphatic heterocycles. The molecule has 138 valence electrons. The Morgan fingerprint density at radius 1 is 0.464 bits per heavy atom. The van der Waals surface area contributed by atoms with Crippen LogP contribution in [-0.4, -0.2) is 0 Å². The molecule has 0 atom stereocenters. The minimum absolute atomic E-state index is 1.12. The number of hydrogen-bond acceptors (Lipinski definition) is 1. The van der Waals surface area contributed by atoms with Crippen LogP contribution >= 0.6 is 0 Å². The minimum atomic E-state index is 1.12. The van der Waals surface area contributed by atoms with Crippen LogP contribution in [0.4, 0.5) is 11.4 Å². The second-order valence-electron chi connectivity index (χ2n) is 6.51. The van der Waals surface area contributed by atoms with Crippen LogP contribution in [0.1, 0.15) is 16.7 Å². The Labute approximate surface area is 168 Å². The predicted molar refractivity (Wildman–Crippen MR) is 123 cm³/mol. The van der Waals surface area contributed by atoms with E-state index in [1.165, 1.54) is 16.7 Å². The molecule has 0 aliphatic carbocycles. The van der Waals surface area contributed by atoms with Gasteiger partial charge in [-0.1, -0.05) is 109 Å². The number of rotatable bonds is 4. The monoisotopic (exact) mass is 363 g/mol. The molecule has 0 aromatic heterocycles. The van der Waals surface area contributed by atoms with E-state index in [1.807, 2.05) is 66.7 Å². The van der Waals surface area contributed by atoms with Gasteiger partial charge in [0.05, 0.1) is 0 Å². The second kappa shape index (κ2) is 10.5. The van der Waals surface area contributed by atoms with Crippen molar-refractivity contribution in [1.29, 1.82) is 0 Å². The Bertz CT molecular complexity index is 919. The number of hydrogen-bond donors (Lipinski definition) is 1. The Hall–Kier alpha value is -3.58. The van der Waals surface area contributed by atoms with Crippen LogP contribution in [0, 0.1) is 6.92 Å². The minimum Gasteiger partial charge on any atom is -0.356 e. The fourth-order valence-electron chi connectivity index (χ4n) is 2.64. The van der Waals surface area contributed by atoms with Crippen LogP contribution in [0.25, 0.3) is 12.2 Å². The van der Waals surface area contributed by atoms with E-state index >= 15 is 0 Å². The molecule has 1 heteroatoms. The summed E-state index contributed by atoms with van der Waals surface area (Å²) in [4.78, 5) is 0. The quantitative estimate of drug-likeness (QED) is 0.368. The summed E-state index contributed by atoms with van der Waals surface area (Å²) in [5, 5.41) is 3.30. The lowest BCUT2D eigenvalue weighted by Crippen LogP contribution is -1.87. The molecule has 0 unspecified atom stereocenters. The number of nitrogens with one attached hydrogen (secondary N) is 1. The fraction of sp³-hybridized carbons (Fsp3) is 0.0370. The summed E-state index contributed by atoms with van der Waals surface area (Å²) in [5.74, 6) is 0. The third-order valence-electron chi connectivity index (χ3n) is 4.18. The number of benzene rings is 4. The maximum Gasteiger partial charge on any atom is 0.0384 e. The van der Waals surface area contributed by atoms with Crippen LogP contribution in [-0.2, 0) is 0 Å². The summed E-state index contributed by atoms with van der Waals surface area (Å²) in [6.07, 6.45) is 4.26. The van der Waals surface area contributed by atoms with Crippen LogP contribution in [0.5, 0.6) is 0 Å². The topological polar surface area (TPSA) is 12.0 Å². The van der Waals surface area contributed by atoms with Gasteiger partial charge in [-0.05, 0) is 42.3 Å². The molecule has 1 N–H and O–H groups in total. The Morgan fingerprint density at radius 2 is 0.857 bits per heavy atom. The summed E-state index contributed by atoms with van der Waals surface area (Å²) in [6, 6.07) is 39.2. The van der Waals surface area contributed by atoms with Crippen molar-refractivity contribution in [2.45, 2.75) is 6.92 Å². The molecule has 0 bridgehead atoms. The molecule has 4 aromatic carbocycles. The normalized spacial score (nSPS) is 10.2. The molecule has 4 rings (SSSR count). The molecule has 0 radical (unpaired) electrons. The molecule has 0 fully saturated rings. The summed E-state index contributed by atoms with van der Waals surface area (Å²) in [7, 11) is 0. The molecule has 0 heterocycles. The van der Waals surface area contributed by atoms with Crippen LogP contribution in [0.2, 0.25) is 0 Å². The van der Waals surface area contributed by atoms with Crippen molar-refractivity contribution in [3.8, 4) is 0 Å². The van der Waals surface area contributed by atoms with Crippen molar-refractivity contribution in [3.05, 3.63) is 132 Å². The molecule has 0 saturated heterocycles. The second-order valence-corrected chi connectivity index (χ2v) is 6.51. The van der Waals surface area contributed by atoms with E-state index in [2.05, 4.69) is 72.9 Å². The van der Waals surface area contributed by atoms with Gasteiger partial charge in [-0.2, -0.15) is 0 Å². The largest absolute Gasteiger partial charge is 0.356 e. The molecule has 1 nitrogen and oxygen atoms in total. The summed E-state index contributed by atoms with van der Waals surface area (Å²) < 4.78 is 0. The molecule has 4 aromatic rings. The van der Waals surface area contributed by atoms with Gasteiger partial charge in [-0.3, -0.25) is 0 Å². The van der Waals surface area contributed by atoms with Crippen molar-refractivity contribution >= 4 is 23.5 Å². The Kier molecular flexibility index (Phi) is 7.22. The van der Waals surface area contributed by atoms with E-state index in [9.17, 15) is 0 Å².